The monoisotopic (exact) mass is 236 g/mol. The summed E-state index contributed by atoms with van der Waals surface area (Å²) in [5.74, 6) is -0.704. The summed E-state index contributed by atoms with van der Waals surface area (Å²) in [7, 11) is -4.12. The van der Waals surface area contributed by atoms with Gasteiger partial charge in [-0.2, -0.15) is 8.42 Å². The maximum atomic E-state index is 10.2. The molecule has 1 atom stereocenters. The first-order valence-corrected chi connectivity index (χ1v) is 4.88. The molecule has 0 aromatic rings. The Morgan fingerprint density at radius 2 is 2.15 bits per heavy atom. The molecule has 0 aliphatic heterocycles. The molecule has 0 aromatic heterocycles. The first-order valence-electron chi connectivity index (χ1n) is 3.27. The Morgan fingerprint density at radius 1 is 1.62 bits per heavy atom. The van der Waals surface area contributed by atoms with Crippen LogP contribution >= 0.6 is 0 Å². The summed E-state index contributed by atoms with van der Waals surface area (Å²) in [6.07, 6.45) is 0.278. The number of rotatable bonds is 6. The fourth-order valence-electron chi connectivity index (χ4n) is 0.579. The molecule has 0 radical (unpaired) electrons. The number of hydrogen-bond acceptors (Lipinski definition) is 4. The Labute approximate surface area is 122 Å². The average molecular weight is 236 g/mol. The van der Waals surface area contributed by atoms with Crippen LogP contribution in [-0.2, 0) is 14.9 Å². The number of aliphatic hydroxyl groups excluding tert-OH is 1. The summed E-state index contributed by atoms with van der Waals surface area (Å²) in [6.45, 7) is 3.46. The van der Waals surface area contributed by atoms with E-state index in [1.807, 2.05) is 0 Å². The zero-order valence-electron chi connectivity index (χ0n) is 8.51. The summed E-state index contributed by atoms with van der Waals surface area (Å²) in [6, 6.07) is 0. The van der Waals surface area contributed by atoms with Crippen molar-refractivity contribution < 1.29 is 75.6 Å². The van der Waals surface area contributed by atoms with E-state index in [9.17, 15) is 8.42 Å². The van der Waals surface area contributed by atoms with Crippen molar-refractivity contribution in [2.75, 3.05) is 19.0 Å². The van der Waals surface area contributed by atoms with Crippen molar-refractivity contribution in [3.63, 3.8) is 0 Å². The molecule has 0 aromatic carbocycles. The third-order valence-corrected chi connectivity index (χ3v) is 1.75. The van der Waals surface area contributed by atoms with Crippen molar-refractivity contribution in [3.8, 4) is 0 Å². The van der Waals surface area contributed by atoms with Crippen LogP contribution in [-0.4, -0.2) is 43.1 Å². The van der Waals surface area contributed by atoms with Gasteiger partial charge in [0, 0.05) is 0 Å². The second kappa shape index (κ2) is 8.51. The van der Waals surface area contributed by atoms with Gasteiger partial charge in [-0.05, 0) is 0 Å². The van der Waals surface area contributed by atoms with E-state index in [0.717, 1.165) is 0 Å². The second-order valence-electron chi connectivity index (χ2n) is 2.23. The van der Waals surface area contributed by atoms with E-state index < -0.39 is 22.0 Å². The fourth-order valence-corrected chi connectivity index (χ4v) is 1.16. The summed E-state index contributed by atoms with van der Waals surface area (Å²) >= 11 is 0. The van der Waals surface area contributed by atoms with E-state index in [2.05, 4.69) is 6.58 Å². The fraction of sp³-hybridized carbons (Fsp3) is 0.667. The largest absolute Gasteiger partial charge is 1.00 e. The number of hydrogen-bond donors (Lipinski definition) is 2. The third-order valence-electron chi connectivity index (χ3n) is 0.949. The Kier molecular flexibility index (Phi) is 10.9. The first-order chi connectivity index (χ1) is 5.45. The van der Waals surface area contributed by atoms with Crippen molar-refractivity contribution in [2.24, 2.45) is 0 Å². The molecule has 0 rings (SSSR count). The maximum Gasteiger partial charge on any atom is 1.00 e. The van der Waals surface area contributed by atoms with Crippen molar-refractivity contribution in [1.29, 1.82) is 0 Å². The minimum Gasteiger partial charge on any atom is -1.00 e. The van der Waals surface area contributed by atoms with Gasteiger partial charge >= 0.3 is 51.4 Å². The smallest absolute Gasteiger partial charge is 1.00 e. The van der Waals surface area contributed by atoms with Gasteiger partial charge in [-0.3, -0.25) is 4.55 Å². The molecule has 1 unspecified atom stereocenters. The number of ether oxygens (including phenoxy) is 1. The molecule has 0 saturated carbocycles. The molecule has 0 aliphatic rings. The van der Waals surface area contributed by atoms with Crippen molar-refractivity contribution in [3.05, 3.63) is 12.7 Å². The van der Waals surface area contributed by atoms with E-state index in [1.54, 1.807) is 0 Å². The van der Waals surface area contributed by atoms with E-state index in [0.29, 0.717) is 0 Å². The molecule has 0 heterocycles. The molecule has 0 spiro atoms. The molecule has 7 heteroatoms. The molecule has 2 N–H and O–H groups in total. The molecular weight excluding hydrogens is 223 g/mol. The predicted molar refractivity (Wildman–Crippen MR) is 44.6 cm³/mol. The Morgan fingerprint density at radius 3 is 2.54 bits per heavy atom. The minimum atomic E-state index is -4.12. The SMILES string of the molecule is C=CCOCC(O)CS(=O)(=O)O.[H-].[K+]. The van der Waals surface area contributed by atoms with Gasteiger partial charge in [0.05, 0.1) is 19.3 Å². The molecule has 74 valence electrons. The Bertz CT molecular complexity index is 230. The maximum absolute atomic E-state index is 10.2. The first kappa shape index (κ1) is 16.6. The normalized spacial score (nSPS) is 13.1. The summed E-state index contributed by atoms with van der Waals surface area (Å²) in [5, 5.41) is 8.91. The summed E-state index contributed by atoms with van der Waals surface area (Å²) < 4.78 is 33.4. The van der Waals surface area contributed by atoms with Crippen LogP contribution < -0.4 is 51.4 Å². The van der Waals surface area contributed by atoms with E-state index >= 15 is 0 Å². The molecule has 0 bridgehead atoms. The van der Waals surface area contributed by atoms with E-state index in [4.69, 9.17) is 14.4 Å². The Balaban J connectivity index is -0.000000605. The van der Waals surface area contributed by atoms with Gasteiger partial charge in [0.2, 0.25) is 0 Å². The van der Waals surface area contributed by atoms with E-state index in [1.165, 1.54) is 6.08 Å². The topological polar surface area (TPSA) is 83.8 Å². The average Bonchev–Trinajstić information content (AvgIpc) is 1.84. The molecule has 0 fully saturated rings. The Hall–Kier alpha value is 1.21. The van der Waals surface area contributed by atoms with Crippen LogP contribution in [0.3, 0.4) is 0 Å². The third kappa shape index (κ3) is 13.2. The summed E-state index contributed by atoms with van der Waals surface area (Å²) in [5.41, 5.74) is 0. The molecule has 13 heavy (non-hydrogen) atoms. The van der Waals surface area contributed by atoms with Crippen molar-refractivity contribution in [1.82, 2.24) is 0 Å². The van der Waals surface area contributed by atoms with E-state index in [-0.39, 0.29) is 66.0 Å². The molecular formula is C6H13KO5S. The van der Waals surface area contributed by atoms with Gasteiger partial charge in [0.15, 0.2) is 0 Å². The second-order valence-corrected chi connectivity index (χ2v) is 3.73. The summed E-state index contributed by atoms with van der Waals surface area (Å²) in [4.78, 5) is 0. The van der Waals surface area contributed by atoms with Crippen LogP contribution in [0.1, 0.15) is 1.43 Å². The quantitative estimate of drug-likeness (QED) is 0.217. The van der Waals surface area contributed by atoms with Gasteiger partial charge in [-0.1, -0.05) is 6.08 Å². The van der Waals surface area contributed by atoms with Crippen molar-refractivity contribution >= 4 is 10.1 Å². The number of aliphatic hydroxyl groups is 1. The van der Waals surface area contributed by atoms with Crippen LogP contribution in [0.4, 0.5) is 0 Å². The minimum absolute atomic E-state index is 0. The van der Waals surface area contributed by atoms with Crippen LogP contribution in [0.2, 0.25) is 0 Å². The van der Waals surface area contributed by atoms with Gasteiger partial charge < -0.3 is 11.3 Å². The van der Waals surface area contributed by atoms with Gasteiger partial charge in [0.25, 0.3) is 10.1 Å². The van der Waals surface area contributed by atoms with Gasteiger partial charge in [0.1, 0.15) is 5.75 Å². The standard InChI is InChI=1S/C6H12O5S.K.H/c1-2-3-11-4-6(7)5-12(8,9)10;;/h2,6-7H,1,3-5H2,(H,8,9,10);;/q;+1;-1. The molecule has 0 saturated heterocycles. The zero-order valence-corrected chi connectivity index (χ0v) is 11.5. The predicted octanol–water partition coefficient (Wildman–Crippen LogP) is -3.45. The molecule has 0 aliphatic carbocycles. The molecule has 5 nitrogen and oxygen atoms in total. The zero-order chi connectivity index (χ0) is 9.61. The van der Waals surface area contributed by atoms with Crippen LogP contribution in [0.25, 0.3) is 0 Å². The van der Waals surface area contributed by atoms with Gasteiger partial charge in [-0.15, -0.1) is 6.58 Å². The van der Waals surface area contributed by atoms with Crippen LogP contribution in [0.15, 0.2) is 12.7 Å². The van der Waals surface area contributed by atoms with Gasteiger partial charge in [-0.25, -0.2) is 0 Å². The van der Waals surface area contributed by atoms with Crippen LogP contribution in [0, 0.1) is 0 Å². The molecule has 0 amide bonds. The van der Waals surface area contributed by atoms with Crippen LogP contribution in [0.5, 0.6) is 0 Å². The van der Waals surface area contributed by atoms with Crippen molar-refractivity contribution in [2.45, 2.75) is 6.10 Å².